The lowest BCUT2D eigenvalue weighted by Gasteiger charge is -2.38. The molecule has 2 atom stereocenters. The third-order valence-corrected chi connectivity index (χ3v) is 4.63. The van der Waals surface area contributed by atoms with Crippen LogP contribution in [0.3, 0.4) is 0 Å². The molecule has 2 nitrogen and oxygen atoms in total. The lowest BCUT2D eigenvalue weighted by molar-refractivity contribution is 0.0900. The van der Waals surface area contributed by atoms with Crippen molar-refractivity contribution in [3.05, 3.63) is 69.5 Å². The lowest BCUT2D eigenvalue weighted by atomic mass is 9.75. The Morgan fingerprint density at radius 2 is 1.91 bits per heavy atom. The number of hydrogen-bond acceptors (Lipinski definition) is 1. The van der Waals surface area contributed by atoms with Gasteiger partial charge in [-0.2, -0.15) is 0 Å². The van der Waals surface area contributed by atoms with Crippen molar-refractivity contribution in [2.24, 2.45) is 0 Å². The fourth-order valence-electron chi connectivity index (χ4n) is 2.74. The van der Waals surface area contributed by atoms with E-state index in [-0.39, 0.29) is 17.5 Å². The molecule has 1 N–H and O–H groups in total. The van der Waals surface area contributed by atoms with Gasteiger partial charge in [-0.15, -0.1) is 0 Å². The molecule has 0 saturated heterocycles. The van der Waals surface area contributed by atoms with E-state index in [0.717, 1.165) is 18.4 Å². The molecule has 0 spiro atoms. The number of nitrogens with one attached hydrogen (secondary N) is 1. The quantitative estimate of drug-likeness (QED) is 0.855. The van der Waals surface area contributed by atoms with Crippen LogP contribution >= 0.6 is 23.2 Å². The second kappa shape index (κ2) is 6.27. The molecule has 2 aromatic carbocycles. The van der Waals surface area contributed by atoms with Crippen molar-refractivity contribution in [2.75, 3.05) is 0 Å². The molecule has 1 fully saturated rings. The van der Waals surface area contributed by atoms with E-state index >= 15 is 0 Å². The Bertz CT molecular complexity index is 720. The Morgan fingerprint density at radius 3 is 2.55 bits per heavy atom. The Morgan fingerprint density at radius 1 is 1.14 bits per heavy atom. The van der Waals surface area contributed by atoms with Gasteiger partial charge in [0.05, 0.1) is 5.56 Å². The summed E-state index contributed by atoms with van der Waals surface area (Å²) in [6.07, 6.45) is 1.79. The van der Waals surface area contributed by atoms with Gasteiger partial charge in [0, 0.05) is 22.0 Å². The maximum atomic E-state index is 13.6. The summed E-state index contributed by atoms with van der Waals surface area (Å²) >= 11 is 12.1. The summed E-state index contributed by atoms with van der Waals surface area (Å²) in [6.45, 7) is 0. The summed E-state index contributed by atoms with van der Waals surface area (Å²) in [5.41, 5.74) is 1.03. The summed E-state index contributed by atoms with van der Waals surface area (Å²) in [7, 11) is 0. The summed E-state index contributed by atoms with van der Waals surface area (Å²) in [4.78, 5) is 12.2. The van der Waals surface area contributed by atoms with Gasteiger partial charge in [0.1, 0.15) is 5.82 Å². The molecular formula is C17H14Cl2FNO. The minimum Gasteiger partial charge on any atom is -0.349 e. The van der Waals surface area contributed by atoms with Crippen LogP contribution in [0.15, 0.2) is 42.5 Å². The molecule has 0 aromatic heterocycles. The molecule has 1 aliphatic carbocycles. The second-order valence-electron chi connectivity index (χ2n) is 5.41. The van der Waals surface area contributed by atoms with Crippen molar-refractivity contribution >= 4 is 29.1 Å². The first kappa shape index (κ1) is 15.3. The van der Waals surface area contributed by atoms with Gasteiger partial charge in [0.2, 0.25) is 0 Å². The van der Waals surface area contributed by atoms with Crippen LogP contribution in [0.5, 0.6) is 0 Å². The van der Waals surface area contributed by atoms with E-state index in [2.05, 4.69) is 5.32 Å². The average molecular weight is 338 g/mol. The minimum atomic E-state index is -0.514. The van der Waals surface area contributed by atoms with Crippen LogP contribution in [-0.2, 0) is 0 Å². The zero-order valence-corrected chi connectivity index (χ0v) is 13.2. The van der Waals surface area contributed by atoms with Crippen LogP contribution in [0.25, 0.3) is 0 Å². The van der Waals surface area contributed by atoms with Gasteiger partial charge < -0.3 is 5.32 Å². The van der Waals surface area contributed by atoms with E-state index in [1.807, 2.05) is 6.07 Å². The average Bonchev–Trinajstić information content (AvgIpc) is 2.46. The van der Waals surface area contributed by atoms with E-state index in [1.165, 1.54) is 12.1 Å². The standard InChI is InChI=1S/C17H14Cl2FNO/c18-10-5-6-11(14(19)9-10)12-7-8-16(12)21-17(22)13-3-1-2-4-15(13)20/h1-6,9,12,16H,7-8H2,(H,21,22). The molecule has 0 bridgehead atoms. The van der Waals surface area contributed by atoms with Crippen LogP contribution in [0.1, 0.15) is 34.7 Å². The van der Waals surface area contributed by atoms with E-state index in [0.29, 0.717) is 10.0 Å². The normalized spacial score (nSPS) is 20.3. The van der Waals surface area contributed by atoms with Gasteiger partial charge >= 0.3 is 0 Å². The number of halogens is 3. The Balaban J connectivity index is 1.74. The van der Waals surface area contributed by atoms with E-state index in [9.17, 15) is 9.18 Å². The first-order chi connectivity index (χ1) is 10.6. The third-order valence-electron chi connectivity index (χ3n) is 4.07. The summed E-state index contributed by atoms with van der Waals surface area (Å²) in [6, 6.07) is 11.3. The van der Waals surface area contributed by atoms with E-state index in [1.54, 1.807) is 24.3 Å². The van der Waals surface area contributed by atoms with Crippen molar-refractivity contribution in [3.63, 3.8) is 0 Å². The minimum absolute atomic E-state index is 0.0363. The molecule has 5 heteroatoms. The predicted octanol–water partition coefficient (Wildman–Crippen LogP) is 4.81. The number of hydrogen-bond donors (Lipinski definition) is 1. The first-order valence-corrected chi connectivity index (χ1v) is 7.82. The zero-order chi connectivity index (χ0) is 15.7. The predicted molar refractivity (Wildman–Crippen MR) is 86.1 cm³/mol. The van der Waals surface area contributed by atoms with Gasteiger partial charge in [-0.1, -0.05) is 41.4 Å². The van der Waals surface area contributed by atoms with Crippen molar-refractivity contribution < 1.29 is 9.18 Å². The molecular weight excluding hydrogens is 324 g/mol. The fraction of sp³-hybridized carbons (Fsp3) is 0.235. The number of carbonyl (C=O) groups excluding carboxylic acids is 1. The highest BCUT2D eigenvalue weighted by atomic mass is 35.5. The van der Waals surface area contributed by atoms with Crippen LogP contribution in [0.2, 0.25) is 10.0 Å². The summed E-state index contributed by atoms with van der Waals surface area (Å²) in [5.74, 6) is -0.765. The van der Waals surface area contributed by atoms with Crippen molar-refractivity contribution in [1.29, 1.82) is 0 Å². The molecule has 0 heterocycles. The maximum absolute atomic E-state index is 13.6. The Labute approximate surface area is 138 Å². The molecule has 0 radical (unpaired) electrons. The van der Waals surface area contributed by atoms with Crippen LogP contribution in [0.4, 0.5) is 4.39 Å². The molecule has 2 unspecified atom stereocenters. The molecule has 2 aromatic rings. The van der Waals surface area contributed by atoms with Gasteiger partial charge in [-0.25, -0.2) is 4.39 Å². The van der Waals surface area contributed by atoms with Crippen LogP contribution < -0.4 is 5.32 Å². The number of benzene rings is 2. The molecule has 3 rings (SSSR count). The molecule has 1 saturated carbocycles. The highest BCUT2D eigenvalue weighted by Gasteiger charge is 2.35. The SMILES string of the molecule is O=C(NC1CCC1c1ccc(Cl)cc1Cl)c1ccccc1F. The Hall–Kier alpha value is -1.58. The van der Waals surface area contributed by atoms with E-state index < -0.39 is 11.7 Å². The van der Waals surface area contributed by atoms with Gasteiger partial charge in [0.25, 0.3) is 5.91 Å². The van der Waals surface area contributed by atoms with Crippen molar-refractivity contribution in [1.82, 2.24) is 5.32 Å². The highest BCUT2D eigenvalue weighted by molar-refractivity contribution is 6.35. The monoisotopic (exact) mass is 337 g/mol. The fourth-order valence-corrected chi connectivity index (χ4v) is 3.29. The van der Waals surface area contributed by atoms with E-state index in [4.69, 9.17) is 23.2 Å². The van der Waals surface area contributed by atoms with Crippen LogP contribution in [-0.4, -0.2) is 11.9 Å². The number of rotatable bonds is 3. The topological polar surface area (TPSA) is 29.1 Å². The van der Waals surface area contributed by atoms with Gasteiger partial charge in [-0.3, -0.25) is 4.79 Å². The molecule has 1 amide bonds. The molecule has 22 heavy (non-hydrogen) atoms. The molecule has 1 aliphatic rings. The number of amides is 1. The molecule has 114 valence electrons. The zero-order valence-electron chi connectivity index (χ0n) is 11.7. The van der Waals surface area contributed by atoms with Gasteiger partial charge in [0.15, 0.2) is 0 Å². The third kappa shape index (κ3) is 2.96. The lowest BCUT2D eigenvalue weighted by Crippen LogP contribution is -2.45. The largest absolute Gasteiger partial charge is 0.349 e. The van der Waals surface area contributed by atoms with Crippen molar-refractivity contribution in [3.8, 4) is 0 Å². The smallest absolute Gasteiger partial charge is 0.254 e. The van der Waals surface area contributed by atoms with Crippen molar-refractivity contribution in [2.45, 2.75) is 24.8 Å². The molecule has 0 aliphatic heterocycles. The highest BCUT2D eigenvalue weighted by Crippen LogP contribution is 2.41. The first-order valence-electron chi connectivity index (χ1n) is 7.06. The van der Waals surface area contributed by atoms with Crippen LogP contribution in [0, 0.1) is 5.82 Å². The number of carbonyl (C=O) groups is 1. The Kier molecular flexibility index (Phi) is 4.37. The second-order valence-corrected chi connectivity index (χ2v) is 6.25. The summed E-state index contributed by atoms with van der Waals surface area (Å²) in [5, 5.41) is 4.08. The summed E-state index contributed by atoms with van der Waals surface area (Å²) < 4.78 is 13.6. The van der Waals surface area contributed by atoms with Gasteiger partial charge in [-0.05, 0) is 42.7 Å². The maximum Gasteiger partial charge on any atom is 0.254 e.